The smallest absolute Gasteiger partial charge is 0.263 e. The number of alkyl halides is 2. The third-order valence-electron chi connectivity index (χ3n) is 18.3. The fourth-order valence-corrected chi connectivity index (χ4v) is 15.2. The van der Waals surface area contributed by atoms with Gasteiger partial charge < -0.3 is 29.6 Å². The number of hydrogen-bond donors (Lipinski definition) is 2. The first-order valence-corrected chi connectivity index (χ1v) is 27.3. The lowest BCUT2D eigenvalue weighted by Crippen LogP contribution is -2.73. The topological polar surface area (TPSA) is 90.4 Å². The maximum Gasteiger partial charge on any atom is 0.263 e. The second-order valence-electron chi connectivity index (χ2n) is 22.5. The van der Waals surface area contributed by atoms with Crippen LogP contribution in [-0.4, -0.2) is 138 Å². The number of likely N-dealkylation sites (tertiary alicyclic amines) is 2. The molecule has 4 aromatic carbocycles. The molecule has 0 amide bonds. The Bertz CT molecular complexity index is 2800. The summed E-state index contributed by atoms with van der Waals surface area (Å²) in [6, 6.07) is 28.0. The molecule has 12 atom stereocenters. The Balaban J connectivity index is 1.10. The number of Topliss-reactive ketones (excluding diaryl/α,β-unsaturated/α-hetero) is 1. The summed E-state index contributed by atoms with van der Waals surface area (Å²) >= 11 is 13.3. The van der Waals surface area contributed by atoms with Gasteiger partial charge in [0.1, 0.15) is 17.3 Å². The number of carbonyl (C=O) groups excluding carboxylic acids is 1. The molecule has 15 heteroatoms. The number of rotatable bonds is 15. The molecule has 2 bridgehead atoms. The van der Waals surface area contributed by atoms with Crippen LogP contribution in [0, 0.1) is 16.7 Å². The molecule has 396 valence electrons. The lowest BCUT2D eigenvalue weighted by Gasteiger charge is -2.57. The van der Waals surface area contributed by atoms with Crippen LogP contribution in [0.4, 0.5) is 8.78 Å². The van der Waals surface area contributed by atoms with Crippen molar-refractivity contribution < 1.29 is 23.0 Å². The van der Waals surface area contributed by atoms with Crippen molar-refractivity contribution in [3.05, 3.63) is 135 Å². The molecule has 4 saturated heterocycles. The van der Waals surface area contributed by atoms with E-state index < -0.39 is 17.3 Å². The van der Waals surface area contributed by atoms with Gasteiger partial charge >= 0.3 is 0 Å². The number of nitrogens with zero attached hydrogens (tertiary/aromatic N) is 6. The van der Waals surface area contributed by atoms with E-state index in [0.717, 1.165) is 47.6 Å². The minimum Gasteiger partial charge on any atom is -0.457 e. The zero-order chi connectivity index (χ0) is 52.4. The standard InChI is InChI=1S/C59H74Cl2F2N8O3/c1-10-58-51-27-42(25-38-12-11-13-40(24-38)56(62)63)54(58)68(6)35(2)30-64-50-29-45(26-37-14-19-43(60)20-15-37)69(7)55-47(34-73-9)66-53(59(50,55)57(58)72)36(3)71(51)32-41-16-21-44(61)28-49(41)74-46-22-17-39(18-23-46)48-31-65-52(70(48)8)33-67(4)5/h11-24,28,31,35-36,42,45,47,50-51,53-56,64,66H,10,25-27,29-30,32-34H2,1-9H3/t35-,36-,42+,45-,47+,50?,51?,53?,54?,55?,58?,59?/m0/s1. The molecule has 10 rings (SSSR count). The summed E-state index contributed by atoms with van der Waals surface area (Å²) in [4.78, 5) is 32.0. The summed E-state index contributed by atoms with van der Waals surface area (Å²) in [6.07, 6.45) is 2.81. The van der Waals surface area contributed by atoms with Gasteiger partial charge in [-0.2, -0.15) is 0 Å². The third-order valence-corrected chi connectivity index (χ3v) is 18.8. The van der Waals surface area contributed by atoms with E-state index in [9.17, 15) is 8.78 Å². The molecule has 1 saturated carbocycles. The molecule has 11 nitrogen and oxygen atoms in total. The molecule has 1 aromatic heterocycles. The van der Waals surface area contributed by atoms with E-state index in [0.29, 0.717) is 66.3 Å². The maximum absolute atomic E-state index is 17.5. The average Bonchev–Trinajstić information content (AvgIpc) is 4.09. The number of halogens is 4. The van der Waals surface area contributed by atoms with Gasteiger partial charge in [0.15, 0.2) is 5.78 Å². The van der Waals surface area contributed by atoms with Crippen molar-refractivity contribution in [2.45, 2.75) is 127 Å². The van der Waals surface area contributed by atoms with E-state index in [4.69, 9.17) is 37.7 Å². The number of likely N-dealkylation sites (N-methyl/N-ethyl adjacent to an activating group) is 2. The van der Waals surface area contributed by atoms with E-state index in [-0.39, 0.29) is 65.9 Å². The van der Waals surface area contributed by atoms with Crippen LogP contribution in [0.1, 0.15) is 74.5 Å². The molecule has 74 heavy (non-hydrogen) atoms. The lowest BCUT2D eigenvalue weighted by molar-refractivity contribution is -0.154. The first-order chi connectivity index (χ1) is 35.5. The molecule has 7 unspecified atom stereocenters. The second-order valence-corrected chi connectivity index (χ2v) is 23.4. The van der Waals surface area contributed by atoms with Crippen molar-refractivity contribution in [2.24, 2.45) is 23.8 Å². The highest BCUT2D eigenvalue weighted by atomic mass is 35.5. The van der Waals surface area contributed by atoms with Crippen LogP contribution in [-0.2, 0) is 42.5 Å². The third kappa shape index (κ3) is 9.23. The summed E-state index contributed by atoms with van der Waals surface area (Å²) in [5, 5.41) is 9.62. The Labute approximate surface area is 446 Å². The van der Waals surface area contributed by atoms with E-state index in [1.54, 1.807) is 19.2 Å². The van der Waals surface area contributed by atoms with Gasteiger partial charge in [0.2, 0.25) is 0 Å². The number of benzene rings is 4. The summed E-state index contributed by atoms with van der Waals surface area (Å²) in [6.45, 7) is 9.18. The zero-order valence-corrected chi connectivity index (χ0v) is 45.9. The maximum atomic E-state index is 17.5. The summed E-state index contributed by atoms with van der Waals surface area (Å²) in [5.74, 6) is 2.59. The fraction of sp³-hybridized carbons (Fsp3) is 0.525. The van der Waals surface area contributed by atoms with Crippen LogP contribution < -0.4 is 15.4 Å². The fourth-order valence-electron chi connectivity index (χ4n) is 14.9. The van der Waals surface area contributed by atoms with Crippen LogP contribution in [0.3, 0.4) is 0 Å². The van der Waals surface area contributed by atoms with Gasteiger partial charge in [-0.1, -0.05) is 72.6 Å². The van der Waals surface area contributed by atoms with Crippen molar-refractivity contribution in [1.82, 2.24) is 39.8 Å². The van der Waals surface area contributed by atoms with Crippen LogP contribution in [0.15, 0.2) is 97.2 Å². The van der Waals surface area contributed by atoms with E-state index in [1.807, 2.05) is 69.8 Å². The van der Waals surface area contributed by atoms with Gasteiger partial charge in [0.05, 0.1) is 35.9 Å². The number of aromatic nitrogens is 2. The number of methoxy groups -OCH3 is 1. The number of imidazole rings is 1. The van der Waals surface area contributed by atoms with Crippen molar-refractivity contribution in [2.75, 3.05) is 48.5 Å². The van der Waals surface area contributed by atoms with Crippen LogP contribution in [0.5, 0.6) is 11.5 Å². The van der Waals surface area contributed by atoms with Crippen LogP contribution in [0.2, 0.25) is 10.0 Å². The average molecular weight is 1050 g/mol. The first-order valence-electron chi connectivity index (χ1n) is 26.6. The van der Waals surface area contributed by atoms with Crippen molar-refractivity contribution in [1.29, 1.82) is 0 Å². The predicted octanol–water partition coefficient (Wildman–Crippen LogP) is 9.94. The number of nitrogens with one attached hydrogen (secondary N) is 2. The minimum atomic E-state index is -2.58. The van der Waals surface area contributed by atoms with Crippen molar-refractivity contribution >= 4 is 29.0 Å². The molecule has 1 spiro atoms. The van der Waals surface area contributed by atoms with Gasteiger partial charge in [-0.15, -0.1) is 0 Å². The molecule has 5 heterocycles. The highest BCUT2D eigenvalue weighted by Gasteiger charge is 2.77. The number of ketones is 1. The van der Waals surface area contributed by atoms with Crippen LogP contribution in [0.25, 0.3) is 11.3 Å². The zero-order valence-electron chi connectivity index (χ0n) is 44.4. The summed E-state index contributed by atoms with van der Waals surface area (Å²) < 4.78 is 43.8. The van der Waals surface area contributed by atoms with Gasteiger partial charge in [-0.25, -0.2) is 13.8 Å². The quantitative estimate of drug-likeness (QED) is 0.106. The largest absolute Gasteiger partial charge is 0.457 e. The Hall–Kier alpha value is -4.28. The first kappa shape index (κ1) is 53.1. The van der Waals surface area contributed by atoms with E-state index >= 15 is 4.79 Å². The Morgan fingerprint density at radius 3 is 2.34 bits per heavy atom. The molecule has 1 aliphatic carbocycles. The molecule has 4 aliphatic heterocycles. The molecule has 5 aromatic rings. The number of ether oxygens (including phenoxy) is 2. The SMILES string of the molecule is CCC12C(=O)C34C5C[C@H](Cc6ccc(Cl)cc6)N(C)C3[C@@H](COC)NC4[C@H](C)N(Cc3ccc(Cl)cc3Oc3ccc(-c4cnc(CN(C)C)n4C)cc3)C1C[C@@H](Cc1cccc(C(F)F)c1)C2N(C)[C@@H](C)CN5. The van der Waals surface area contributed by atoms with Gasteiger partial charge in [-0.05, 0) is 140 Å². The Morgan fingerprint density at radius 2 is 1.64 bits per heavy atom. The van der Waals surface area contributed by atoms with Gasteiger partial charge in [0.25, 0.3) is 6.43 Å². The van der Waals surface area contributed by atoms with Crippen molar-refractivity contribution in [3.8, 4) is 22.8 Å². The highest BCUT2D eigenvalue weighted by molar-refractivity contribution is 6.31. The number of piperidine rings is 1. The summed E-state index contributed by atoms with van der Waals surface area (Å²) in [5.41, 5.74) is 3.35. The van der Waals surface area contributed by atoms with E-state index in [2.05, 4.69) is 100.0 Å². The van der Waals surface area contributed by atoms with E-state index in [1.165, 1.54) is 11.6 Å². The number of hydrogen-bond acceptors (Lipinski definition) is 10. The predicted molar refractivity (Wildman–Crippen MR) is 290 cm³/mol. The number of carbonyl (C=O) groups is 1. The summed E-state index contributed by atoms with van der Waals surface area (Å²) in [7, 11) is 12.3. The van der Waals surface area contributed by atoms with Gasteiger partial charge in [0, 0.05) is 108 Å². The second kappa shape index (κ2) is 21.3. The normalized spacial score (nSPS) is 31.4. The molecular formula is C59H74Cl2F2N8O3. The minimum absolute atomic E-state index is 0.0229. The molecule has 0 radical (unpaired) electrons. The highest BCUT2D eigenvalue weighted by Crippen LogP contribution is 2.63. The molecule has 2 N–H and O–H groups in total. The monoisotopic (exact) mass is 1050 g/mol. The Morgan fingerprint density at radius 1 is 0.892 bits per heavy atom. The molecule has 5 aliphatic rings. The lowest BCUT2D eigenvalue weighted by atomic mass is 9.54. The van der Waals surface area contributed by atoms with Gasteiger partial charge in [-0.3, -0.25) is 19.5 Å². The Kier molecular flexibility index (Phi) is 15.3. The van der Waals surface area contributed by atoms with Crippen molar-refractivity contribution in [3.63, 3.8) is 0 Å². The molecule has 5 fully saturated rings. The molecular weight excluding hydrogens is 978 g/mol. The van der Waals surface area contributed by atoms with Crippen LogP contribution >= 0.6 is 23.2 Å².